The van der Waals surface area contributed by atoms with Gasteiger partial charge in [-0.05, 0) is 44.2 Å². The number of nitrogens with two attached hydrogens (primary N) is 1. The highest BCUT2D eigenvalue weighted by atomic mass is 16.2. The third kappa shape index (κ3) is 4.47. The molecule has 0 aliphatic heterocycles. The van der Waals surface area contributed by atoms with Gasteiger partial charge in [-0.3, -0.25) is 18.8 Å². The van der Waals surface area contributed by atoms with Gasteiger partial charge in [0.25, 0.3) is 11.5 Å². The summed E-state index contributed by atoms with van der Waals surface area (Å²) in [4.78, 5) is 36.7. The molecule has 0 spiro atoms. The van der Waals surface area contributed by atoms with E-state index < -0.39 is 11.9 Å². The van der Waals surface area contributed by atoms with Gasteiger partial charge in [-0.15, -0.1) is 5.10 Å². The van der Waals surface area contributed by atoms with Crippen molar-refractivity contribution in [3.8, 4) is 17.5 Å². The van der Waals surface area contributed by atoms with Gasteiger partial charge in [0.05, 0.1) is 40.1 Å². The van der Waals surface area contributed by atoms with Gasteiger partial charge in [-0.25, -0.2) is 14.5 Å². The van der Waals surface area contributed by atoms with Crippen molar-refractivity contribution >= 4 is 28.3 Å². The van der Waals surface area contributed by atoms with Crippen LogP contribution in [0.15, 0.2) is 78.0 Å². The highest BCUT2D eigenvalue weighted by Crippen LogP contribution is 2.22. The zero-order valence-electron chi connectivity index (χ0n) is 22.5. The first-order valence-electron chi connectivity index (χ1n) is 12.8. The van der Waals surface area contributed by atoms with E-state index >= 15 is 0 Å². The predicted molar refractivity (Wildman–Crippen MR) is 155 cm³/mol. The predicted octanol–water partition coefficient (Wildman–Crippen LogP) is 2.94. The van der Waals surface area contributed by atoms with Crippen molar-refractivity contribution < 1.29 is 4.79 Å². The number of rotatable bonds is 4. The maximum Gasteiger partial charge on any atom is 0.267 e. The van der Waals surface area contributed by atoms with E-state index in [9.17, 15) is 9.59 Å². The van der Waals surface area contributed by atoms with Crippen LogP contribution < -0.4 is 16.6 Å². The van der Waals surface area contributed by atoms with Gasteiger partial charge in [0, 0.05) is 25.0 Å². The van der Waals surface area contributed by atoms with E-state index in [1.165, 1.54) is 9.08 Å². The van der Waals surface area contributed by atoms with Crippen molar-refractivity contribution in [1.29, 1.82) is 0 Å². The molecular weight excluding hydrogens is 518 g/mol. The Morgan fingerprint density at radius 2 is 1.83 bits per heavy atom. The number of anilines is 1. The maximum absolute atomic E-state index is 14.2. The summed E-state index contributed by atoms with van der Waals surface area (Å²) in [5, 5.41) is 11.7. The lowest BCUT2D eigenvalue weighted by Crippen LogP contribution is -2.33. The number of fused-ring (bicyclic) bond motifs is 2. The second-order valence-corrected chi connectivity index (χ2v) is 9.51. The number of nitrogens with zero attached hydrogens (tertiary/aromatic N) is 7. The van der Waals surface area contributed by atoms with Crippen LogP contribution in [0.3, 0.4) is 0 Å². The van der Waals surface area contributed by atoms with Crippen LogP contribution in [0.1, 0.15) is 46.0 Å². The third-order valence-corrected chi connectivity index (χ3v) is 6.89. The summed E-state index contributed by atoms with van der Waals surface area (Å²) in [6.07, 6.45) is 4.92. The Hall–Kier alpha value is -5.76. The van der Waals surface area contributed by atoms with Gasteiger partial charge >= 0.3 is 0 Å². The van der Waals surface area contributed by atoms with Crippen LogP contribution in [0, 0.1) is 18.8 Å². The number of aromatic nitrogens is 7. The smallest absolute Gasteiger partial charge is 0.267 e. The second-order valence-electron chi connectivity index (χ2n) is 9.51. The molecule has 11 nitrogen and oxygen atoms in total. The highest BCUT2D eigenvalue weighted by Gasteiger charge is 2.24. The van der Waals surface area contributed by atoms with Crippen LogP contribution in [0.4, 0.5) is 5.82 Å². The van der Waals surface area contributed by atoms with Gasteiger partial charge in [0.15, 0.2) is 11.5 Å². The molecule has 1 amide bonds. The minimum atomic E-state index is -0.689. The number of benzene rings is 2. The van der Waals surface area contributed by atoms with E-state index in [0.717, 1.165) is 11.3 Å². The average Bonchev–Trinajstić information content (AvgIpc) is 3.49. The molecule has 1 atom stereocenters. The summed E-state index contributed by atoms with van der Waals surface area (Å²) in [6.45, 7) is 3.69. The first kappa shape index (κ1) is 25.5. The first-order valence-corrected chi connectivity index (χ1v) is 12.8. The summed E-state index contributed by atoms with van der Waals surface area (Å²) in [5.41, 5.74) is 9.54. The first-order chi connectivity index (χ1) is 19.8. The number of nitrogens with one attached hydrogen (secondary N) is 1. The quantitative estimate of drug-likeness (QED) is 0.326. The molecule has 0 aliphatic rings. The number of hydrogen-bond acceptors (Lipinski definition) is 7. The lowest BCUT2D eigenvalue weighted by molar-refractivity contribution is 0.0940. The normalized spacial score (nSPS) is 11.8. The maximum atomic E-state index is 14.2. The Morgan fingerprint density at radius 1 is 1.05 bits per heavy atom. The number of carbonyl (C=O) groups excluding carboxylic acids is 1. The molecule has 3 N–H and O–H groups in total. The second kappa shape index (κ2) is 10.1. The van der Waals surface area contributed by atoms with Crippen LogP contribution in [0.5, 0.6) is 0 Å². The number of hydrogen-bond donors (Lipinski definition) is 2. The summed E-state index contributed by atoms with van der Waals surface area (Å²) in [7, 11) is 1.85. The largest absolute Gasteiger partial charge is 0.381 e. The zero-order valence-corrected chi connectivity index (χ0v) is 22.5. The molecule has 0 aliphatic carbocycles. The number of nitrogen functional groups attached to an aromatic ring is 1. The number of amides is 1. The summed E-state index contributed by atoms with van der Waals surface area (Å²) in [5.74, 6) is 6.19. The summed E-state index contributed by atoms with van der Waals surface area (Å²) in [6, 6.07) is 15.5. The molecule has 4 heterocycles. The molecule has 4 aromatic heterocycles. The molecule has 6 aromatic rings. The molecule has 6 rings (SSSR count). The fraction of sp³-hybridized carbons (Fsp3) is 0.133. The van der Waals surface area contributed by atoms with Gasteiger partial charge in [-0.2, -0.15) is 5.10 Å². The minimum absolute atomic E-state index is 0.0485. The van der Waals surface area contributed by atoms with Crippen LogP contribution in [0.25, 0.3) is 22.2 Å². The summed E-state index contributed by atoms with van der Waals surface area (Å²) >= 11 is 0. The molecule has 0 radical (unpaired) electrons. The van der Waals surface area contributed by atoms with E-state index in [2.05, 4.69) is 32.3 Å². The number of carbonyl (C=O) groups is 1. The van der Waals surface area contributed by atoms with Crippen molar-refractivity contribution in [2.24, 2.45) is 7.05 Å². The molecule has 0 saturated carbocycles. The molecule has 0 bridgehead atoms. The molecule has 0 saturated heterocycles. The fourth-order valence-electron chi connectivity index (χ4n) is 4.68. The van der Waals surface area contributed by atoms with Gasteiger partial charge < -0.3 is 11.1 Å². The minimum Gasteiger partial charge on any atom is -0.381 e. The molecule has 0 unspecified atom stereocenters. The lowest BCUT2D eigenvalue weighted by atomic mass is 10.1. The summed E-state index contributed by atoms with van der Waals surface area (Å²) < 4.78 is 4.69. The molecule has 2 aromatic carbocycles. The Kier molecular flexibility index (Phi) is 6.28. The van der Waals surface area contributed by atoms with Gasteiger partial charge in [0.1, 0.15) is 11.4 Å². The van der Waals surface area contributed by atoms with Crippen molar-refractivity contribution in [3.05, 3.63) is 112 Å². The lowest BCUT2D eigenvalue weighted by Gasteiger charge is -2.20. The zero-order chi connectivity index (χ0) is 28.7. The Labute approximate surface area is 234 Å². The van der Waals surface area contributed by atoms with Crippen LogP contribution in [-0.2, 0) is 7.05 Å². The van der Waals surface area contributed by atoms with E-state index in [0.29, 0.717) is 33.6 Å². The van der Waals surface area contributed by atoms with E-state index in [4.69, 9.17) is 10.7 Å². The topological polar surface area (TPSA) is 138 Å². The molecule has 0 fully saturated rings. The van der Waals surface area contributed by atoms with Crippen molar-refractivity contribution in [3.63, 3.8) is 0 Å². The van der Waals surface area contributed by atoms with Crippen LogP contribution in [0.2, 0.25) is 0 Å². The van der Waals surface area contributed by atoms with Crippen LogP contribution in [-0.4, -0.2) is 39.8 Å². The van der Waals surface area contributed by atoms with Gasteiger partial charge in [0.2, 0.25) is 0 Å². The number of aryl methyl sites for hydroxylation is 1. The van der Waals surface area contributed by atoms with E-state index in [-0.39, 0.29) is 16.9 Å². The van der Waals surface area contributed by atoms with Crippen molar-refractivity contribution in [2.75, 3.05) is 5.73 Å². The van der Waals surface area contributed by atoms with E-state index in [1.54, 1.807) is 54.5 Å². The fourth-order valence-corrected chi connectivity index (χ4v) is 4.68. The molecule has 11 heteroatoms. The Bertz CT molecular complexity index is 2080. The number of para-hydroxylation sites is 1. The molecular formula is C30H25N9O2. The van der Waals surface area contributed by atoms with E-state index in [1.807, 2.05) is 44.3 Å². The molecule has 41 heavy (non-hydrogen) atoms. The highest BCUT2D eigenvalue weighted by molar-refractivity contribution is 6.04. The third-order valence-electron chi connectivity index (χ3n) is 6.89. The van der Waals surface area contributed by atoms with Crippen molar-refractivity contribution in [1.82, 2.24) is 39.2 Å². The SMILES string of the molecule is Cc1c(C#Cc2cccc3nc([C@@H](C)NC(=O)c4c(N)nn5cccnc45)n(-c4ccccc4)c(=O)c23)cnn1C. The average molecular weight is 544 g/mol. The standard InChI is InChI=1S/C30H25N9O2/c1-18(34-29(40)25-26(31)36-38-16-8-15-32-28(25)38)27-35-23-12-7-9-20(13-14-21-17-33-37(3)19(21)2)24(23)30(41)39(27)22-10-5-4-6-11-22/h4-12,15-18H,1-3H3,(H2,31,36)(H,34,40)/t18-/m1/s1. The molecule has 202 valence electrons. The Morgan fingerprint density at radius 3 is 2.59 bits per heavy atom. The van der Waals surface area contributed by atoms with Gasteiger partial charge in [-0.1, -0.05) is 36.1 Å². The van der Waals surface area contributed by atoms with Crippen molar-refractivity contribution in [2.45, 2.75) is 19.9 Å². The monoisotopic (exact) mass is 543 g/mol. The van der Waals surface area contributed by atoms with Crippen LogP contribution >= 0.6 is 0 Å². The Balaban J connectivity index is 1.48.